The fourth-order valence-electron chi connectivity index (χ4n) is 3.12. The van der Waals surface area contributed by atoms with Gasteiger partial charge in [0.1, 0.15) is 11.4 Å². The van der Waals surface area contributed by atoms with E-state index in [9.17, 15) is 4.79 Å². The molecule has 154 valence electrons. The van der Waals surface area contributed by atoms with Gasteiger partial charge in [-0.3, -0.25) is 24.9 Å². The second-order valence-electron chi connectivity index (χ2n) is 6.78. The van der Waals surface area contributed by atoms with Crippen LogP contribution in [0.1, 0.15) is 21.6 Å². The van der Waals surface area contributed by atoms with Crippen molar-refractivity contribution in [2.75, 3.05) is 5.01 Å². The van der Waals surface area contributed by atoms with Gasteiger partial charge in [0.05, 0.1) is 11.2 Å². The van der Waals surface area contributed by atoms with Gasteiger partial charge in [-0.15, -0.1) is 0 Å². The van der Waals surface area contributed by atoms with Crippen LogP contribution in [0.3, 0.4) is 0 Å². The SMILES string of the molecule is C=N/C(=C\N(N)c1ccc(CNC(=O)c2ccncc2)cc1)c1n[nH]c2ccccc12. The molecule has 31 heavy (non-hydrogen) atoms. The Kier molecular flexibility index (Phi) is 5.82. The molecule has 4 aromatic rings. The Labute approximate surface area is 179 Å². The Morgan fingerprint density at radius 1 is 1.13 bits per heavy atom. The number of aliphatic imine (C=N–C) groups is 1. The molecule has 0 aliphatic rings. The van der Waals surface area contributed by atoms with E-state index in [1.54, 1.807) is 30.7 Å². The first-order valence-corrected chi connectivity index (χ1v) is 9.59. The third-order valence-electron chi connectivity index (χ3n) is 4.77. The molecule has 0 aliphatic heterocycles. The number of amides is 1. The number of carbonyl (C=O) groups is 1. The third-order valence-corrected chi connectivity index (χ3v) is 4.77. The van der Waals surface area contributed by atoms with Crippen molar-refractivity contribution in [3.8, 4) is 0 Å². The average molecular weight is 411 g/mol. The lowest BCUT2D eigenvalue weighted by Crippen LogP contribution is -2.25. The number of aromatic nitrogens is 3. The van der Waals surface area contributed by atoms with Crippen molar-refractivity contribution in [2.24, 2.45) is 10.8 Å². The monoisotopic (exact) mass is 411 g/mol. The Morgan fingerprint density at radius 2 is 1.87 bits per heavy atom. The van der Waals surface area contributed by atoms with Gasteiger partial charge in [0.25, 0.3) is 5.91 Å². The van der Waals surface area contributed by atoms with E-state index in [0.717, 1.165) is 22.2 Å². The molecular weight excluding hydrogens is 390 g/mol. The number of H-pyrrole nitrogens is 1. The average Bonchev–Trinajstić information content (AvgIpc) is 3.26. The first-order valence-electron chi connectivity index (χ1n) is 9.59. The van der Waals surface area contributed by atoms with E-state index >= 15 is 0 Å². The normalized spacial score (nSPS) is 11.3. The summed E-state index contributed by atoms with van der Waals surface area (Å²) in [5.74, 6) is 6.08. The molecule has 0 atom stereocenters. The van der Waals surface area contributed by atoms with Crippen LogP contribution in [0.25, 0.3) is 16.6 Å². The highest BCUT2D eigenvalue weighted by molar-refractivity contribution is 5.94. The van der Waals surface area contributed by atoms with E-state index < -0.39 is 0 Å². The fourth-order valence-corrected chi connectivity index (χ4v) is 3.12. The van der Waals surface area contributed by atoms with Crippen LogP contribution in [0.5, 0.6) is 0 Å². The summed E-state index contributed by atoms with van der Waals surface area (Å²) in [7, 11) is 0. The second kappa shape index (κ2) is 9.02. The Balaban J connectivity index is 1.45. The van der Waals surface area contributed by atoms with Crippen LogP contribution in [0, 0.1) is 0 Å². The van der Waals surface area contributed by atoms with Crippen molar-refractivity contribution in [3.63, 3.8) is 0 Å². The third kappa shape index (κ3) is 4.49. The molecule has 4 rings (SSSR count). The summed E-state index contributed by atoms with van der Waals surface area (Å²) in [6.07, 6.45) is 4.85. The second-order valence-corrected chi connectivity index (χ2v) is 6.78. The Morgan fingerprint density at radius 3 is 2.61 bits per heavy atom. The number of hydrogen-bond acceptors (Lipinski definition) is 6. The first-order chi connectivity index (χ1) is 15.2. The summed E-state index contributed by atoms with van der Waals surface area (Å²) in [5, 5.41) is 12.6. The molecule has 2 heterocycles. The standard InChI is InChI=1S/C23H21N7O/c1-25-21(22-19-4-2-3-5-20(19)28-29-22)15-30(24)18-8-6-16(7-9-18)14-27-23(31)17-10-12-26-13-11-17/h2-13,15H,1,14,24H2,(H,27,31)(H,28,29)/b21-15-. The largest absolute Gasteiger partial charge is 0.348 e. The number of anilines is 1. The number of nitrogens with two attached hydrogens (primary N) is 1. The maximum Gasteiger partial charge on any atom is 0.251 e. The van der Waals surface area contributed by atoms with E-state index in [1.165, 1.54) is 5.01 Å². The zero-order valence-electron chi connectivity index (χ0n) is 16.7. The molecule has 0 bridgehead atoms. The lowest BCUT2D eigenvalue weighted by molar-refractivity contribution is 0.0951. The van der Waals surface area contributed by atoms with E-state index in [-0.39, 0.29) is 5.91 Å². The van der Waals surface area contributed by atoms with E-state index in [4.69, 9.17) is 5.84 Å². The highest BCUT2D eigenvalue weighted by atomic mass is 16.1. The molecule has 0 saturated heterocycles. The lowest BCUT2D eigenvalue weighted by Gasteiger charge is -2.15. The smallest absolute Gasteiger partial charge is 0.251 e. The van der Waals surface area contributed by atoms with Crippen LogP contribution in [-0.4, -0.2) is 27.8 Å². The molecule has 0 unspecified atom stereocenters. The molecule has 2 aromatic heterocycles. The van der Waals surface area contributed by atoms with Gasteiger partial charge >= 0.3 is 0 Å². The van der Waals surface area contributed by atoms with Crippen molar-refractivity contribution in [1.29, 1.82) is 0 Å². The number of aromatic amines is 1. The van der Waals surface area contributed by atoms with E-state index in [2.05, 4.69) is 32.2 Å². The fraction of sp³-hybridized carbons (Fsp3) is 0.0435. The highest BCUT2D eigenvalue weighted by Gasteiger charge is 2.11. The lowest BCUT2D eigenvalue weighted by atomic mass is 10.1. The minimum Gasteiger partial charge on any atom is -0.348 e. The van der Waals surface area contributed by atoms with Gasteiger partial charge in [-0.1, -0.05) is 30.3 Å². The van der Waals surface area contributed by atoms with Crippen LogP contribution >= 0.6 is 0 Å². The van der Waals surface area contributed by atoms with Crippen LogP contribution in [0.4, 0.5) is 5.69 Å². The molecule has 0 spiro atoms. The number of carbonyl (C=O) groups excluding carboxylic acids is 1. The number of nitrogens with one attached hydrogen (secondary N) is 2. The number of hydrazine groups is 1. The maximum absolute atomic E-state index is 12.2. The van der Waals surface area contributed by atoms with Crippen LogP contribution < -0.4 is 16.2 Å². The molecule has 0 aliphatic carbocycles. The van der Waals surface area contributed by atoms with Gasteiger partial charge in [0, 0.05) is 36.1 Å². The minimum absolute atomic E-state index is 0.150. The van der Waals surface area contributed by atoms with Crippen LogP contribution in [0.2, 0.25) is 0 Å². The first kappa shape index (κ1) is 20.0. The van der Waals surface area contributed by atoms with E-state index in [1.807, 2.05) is 48.5 Å². The highest BCUT2D eigenvalue weighted by Crippen LogP contribution is 2.24. The van der Waals surface area contributed by atoms with Crippen LogP contribution in [0.15, 0.2) is 84.2 Å². The van der Waals surface area contributed by atoms with Gasteiger partial charge in [-0.05, 0) is 42.6 Å². The molecule has 2 aromatic carbocycles. The van der Waals surface area contributed by atoms with Crippen molar-refractivity contribution in [2.45, 2.75) is 6.54 Å². The number of rotatable bonds is 7. The minimum atomic E-state index is -0.150. The zero-order valence-corrected chi connectivity index (χ0v) is 16.7. The topological polar surface area (TPSA) is 112 Å². The number of hydrogen-bond donors (Lipinski definition) is 3. The molecular formula is C23H21N7O. The molecule has 0 radical (unpaired) electrons. The summed E-state index contributed by atoms with van der Waals surface area (Å²) < 4.78 is 0. The molecule has 4 N–H and O–H groups in total. The number of nitrogens with zero attached hydrogens (tertiary/aromatic N) is 4. The van der Waals surface area contributed by atoms with Crippen molar-refractivity contribution in [1.82, 2.24) is 20.5 Å². The summed E-state index contributed by atoms with van der Waals surface area (Å²) >= 11 is 0. The van der Waals surface area contributed by atoms with Crippen molar-refractivity contribution < 1.29 is 4.79 Å². The van der Waals surface area contributed by atoms with E-state index in [0.29, 0.717) is 23.5 Å². The van der Waals surface area contributed by atoms with Crippen LogP contribution in [-0.2, 0) is 6.54 Å². The molecule has 0 saturated carbocycles. The Bertz CT molecular complexity index is 1230. The van der Waals surface area contributed by atoms with Gasteiger partial charge < -0.3 is 5.32 Å². The molecule has 0 fully saturated rings. The summed E-state index contributed by atoms with van der Waals surface area (Å²) in [6.45, 7) is 4.06. The quantitative estimate of drug-likeness (QED) is 0.245. The number of fused-ring (bicyclic) bond motifs is 1. The Hall–Kier alpha value is -4.30. The van der Waals surface area contributed by atoms with Crippen molar-refractivity contribution >= 4 is 34.9 Å². The summed E-state index contributed by atoms with van der Waals surface area (Å²) in [6, 6.07) is 18.7. The predicted molar refractivity (Wildman–Crippen MR) is 122 cm³/mol. The van der Waals surface area contributed by atoms with Gasteiger partial charge in [-0.25, -0.2) is 5.84 Å². The molecule has 8 nitrogen and oxygen atoms in total. The number of benzene rings is 2. The maximum atomic E-state index is 12.2. The molecule has 1 amide bonds. The summed E-state index contributed by atoms with van der Waals surface area (Å²) in [4.78, 5) is 20.2. The predicted octanol–water partition coefficient (Wildman–Crippen LogP) is 3.27. The van der Waals surface area contributed by atoms with Crippen molar-refractivity contribution in [3.05, 3.63) is 96.1 Å². The molecule has 8 heteroatoms. The number of para-hydroxylation sites is 1. The van der Waals surface area contributed by atoms with Gasteiger partial charge in [0.2, 0.25) is 0 Å². The summed E-state index contributed by atoms with van der Waals surface area (Å²) in [5.41, 5.74) is 4.41. The van der Waals surface area contributed by atoms with Gasteiger partial charge in [0.15, 0.2) is 0 Å². The van der Waals surface area contributed by atoms with Gasteiger partial charge in [-0.2, -0.15) is 5.10 Å². The zero-order chi connectivity index (χ0) is 21.6. The number of pyridine rings is 1.